The molecule has 0 bridgehead atoms. The number of aromatic nitrogens is 2. The number of hydrogen-bond acceptors (Lipinski definition) is 3. The lowest BCUT2D eigenvalue weighted by atomic mass is 10.2. The lowest BCUT2D eigenvalue weighted by Gasteiger charge is -1.98. The number of hydrogen-bond donors (Lipinski definition) is 1. The summed E-state index contributed by atoms with van der Waals surface area (Å²) in [6.45, 7) is 0. The summed E-state index contributed by atoms with van der Waals surface area (Å²) in [4.78, 5) is 25.1. The molecule has 5 nitrogen and oxygen atoms in total. The van der Waals surface area contributed by atoms with Crippen LogP contribution in [0.2, 0.25) is 0 Å². The van der Waals surface area contributed by atoms with Gasteiger partial charge in [-0.2, -0.15) is 0 Å². The van der Waals surface area contributed by atoms with E-state index in [9.17, 15) is 9.59 Å². The first-order chi connectivity index (χ1) is 6.68. The van der Waals surface area contributed by atoms with E-state index in [0.717, 1.165) is 4.57 Å². The quantitative estimate of drug-likeness (QED) is 0.708. The van der Waals surface area contributed by atoms with E-state index < -0.39 is 5.69 Å². The number of nitrogens with one attached hydrogen (secondary N) is 1. The maximum absolute atomic E-state index is 11.3. The topological polar surface area (TPSA) is 68.0 Å². The molecule has 0 saturated heterocycles. The Balaban J connectivity index is 2.69. The molecular weight excluding hydrogens is 184 g/mol. The van der Waals surface area contributed by atoms with Crippen LogP contribution in [-0.4, -0.2) is 9.55 Å². The minimum atomic E-state index is -0.436. The Labute approximate surface area is 78.6 Å². The lowest BCUT2D eigenvalue weighted by molar-refractivity contribution is 0.568. The molecule has 0 spiro atoms. The molecule has 0 aromatic carbocycles. The molecule has 0 unspecified atom stereocenters. The van der Waals surface area contributed by atoms with Crippen molar-refractivity contribution in [3.8, 4) is 11.3 Å². The average Bonchev–Trinajstić information content (AvgIpc) is 2.66. The van der Waals surface area contributed by atoms with Crippen molar-refractivity contribution in [3.05, 3.63) is 45.5 Å². The van der Waals surface area contributed by atoms with Gasteiger partial charge in [-0.25, -0.2) is 4.79 Å². The first-order valence-electron chi connectivity index (χ1n) is 4.01. The monoisotopic (exact) mass is 192 g/mol. The standard InChI is InChI=1S/C9H8N2O3/c1-11-8(12)4-7(10-9(11)13)6-2-3-14-5-6/h2-5H,1H3,(H,10,13). The maximum atomic E-state index is 11.3. The SMILES string of the molecule is Cn1c(=O)cc(-c2ccoc2)[nH]c1=O. The fourth-order valence-corrected chi connectivity index (χ4v) is 1.13. The number of H-pyrrole nitrogens is 1. The molecule has 5 heteroatoms. The highest BCUT2D eigenvalue weighted by Gasteiger charge is 2.03. The van der Waals surface area contributed by atoms with Crippen molar-refractivity contribution in [1.82, 2.24) is 9.55 Å². The molecule has 0 fully saturated rings. The van der Waals surface area contributed by atoms with Gasteiger partial charge in [-0.3, -0.25) is 9.36 Å². The zero-order chi connectivity index (χ0) is 10.1. The van der Waals surface area contributed by atoms with E-state index in [2.05, 4.69) is 4.98 Å². The van der Waals surface area contributed by atoms with Gasteiger partial charge < -0.3 is 9.40 Å². The van der Waals surface area contributed by atoms with Crippen LogP contribution >= 0.6 is 0 Å². The maximum Gasteiger partial charge on any atom is 0.328 e. The summed E-state index contributed by atoms with van der Waals surface area (Å²) in [7, 11) is 1.42. The number of furan rings is 1. The predicted octanol–water partition coefficient (Wildman–Crippen LogP) is 0.334. The molecule has 0 aliphatic rings. The average molecular weight is 192 g/mol. The van der Waals surface area contributed by atoms with Gasteiger partial charge in [0.1, 0.15) is 0 Å². The van der Waals surface area contributed by atoms with E-state index in [1.807, 2.05) is 0 Å². The first kappa shape index (κ1) is 8.55. The molecule has 0 saturated carbocycles. The molecule has 72 valence electrons. The van der Waals surface area contributed by atoms with Crippen molar-refractivity contribution >= 4 is 0 Å². The van der Waals surface area contributed by atoms with Gasteiger partial charge in [-0.1, -0.05) is 0 Å². The zero-order valence-corrected chi connectivity index (χ0v) is 7.48. The lowest BCUT2D eigenvalue weighted by Crippen LogP contribution is -2.32. The highest BCUT2D eigenvalue weighted by atomic mass is 16.3. The molecule has 0 atom stereocenters. The minimum Gasteiger partial charge on any atom is -0.472 e. The van der Waals surface area contributed by atoms with E-state index in [0.29, 0.717) is 11.3 Å². The molecule has 0 amide bonds. The van der Waals surface area contributed by atoms with Crippen LogP contribution in [0.25, 0.3) is 11.3 Å². The fraction of sp³-hybridized carbons (Fsp3) is 0.111. The molecular formula is C9H8N2O3. The molecule has 1 N–H and O–H groups in total. The molecule has 2 aromatic rings. The van der Waals surface area contributed by atoms with Crippen LogP contribution in [-0.2, 0) is 7.05 Å². The van der Waals surface area contributed by atoms with Crippen molar-refractivity contribution in [2.24, 2.45) is 7.05 Å². The summed E-state index contributed by atoms with van der Waals surface area (Å²) in [6, 6.07) is 3.02. The van der Waals surface area contributed by atoms with Crippen LogP contribution in [0.5, 0.6) is 0 Å². The Kier molecular flexibility index (Phi) is 1.85. The summed E-state index contributed by atoms with van der Waals surface area (Å²) < 4.78 is 5.85. The van der Waals surface area contributed by atoms with E-state index in [-0.39, 0.29) is 5.56 Å². The van der Waals surface area contributed by atoms with E-state index in [4.69, 9.17) is 4.42 Å². The predicted molar refractivity (Wildman–Crippen MR) is 50.0 cm³/mol. The number of nitrogens with zero attached hydrogens (tertiary/aromatic N) is 1. The van der Waals surface area contributed by atoms with Gasteiger partial charge in [-0.05, 0) is 6.07 Å². The highest BCUT2D eigenvalue weighted by Crippen LogP contribution is 2.13. The van der Waals surface area contributed by atoms with Crippen molar-refractivity contribution in [2.75, 3.05) is 0 Å². The van der Waals surface area contributed by atoms with Crippen LogP contribution in [0.4, 0.5) is 0 Å². The second-order valence-corrected chi connectivity index (χ2v) is 2.90. The number of rotatable bonds is 1. The molecule has 2 aromatic heterocycles. The summed E-state index contributed by atoms with van der Waals surface area (Å²) in [5.74, 6) is 0. The third-order valence-electron chi connectivity index (χ3n) is 1.98. The van der Waals surface area contributed by atoms with Crippen molar-refractivity contribution in [3.63, 3.8) is 0 Å². The van der Waals surface area contributed by atoms with Gasteiger partial charge in [0, 0.05) is 18.7 Å². The van der Waals surface area contributed by atoms with Crippen molar-refractivity contribution < 1.29 is 4.42 Å². The van der Waals surface area contributed by atoms with Gasteiger partial charge >= 0.3 is 5.69 Å². The van der Waals surface area contributed by atoms with Gasteiger partial charge in [0.05, 0.1) is 18.2 Å². The van der Waals surface area contributed by atoms with Gasteiger partial charge in [-0.15, -0.1) is 0 Å². The van der Waals surface area contributed by atoms with Crippen LogP contribution in [0, 0.1) is 0 Å². The van der Waals surface area contributed by atoms with Crippen LogP contribution in [0.15, 0.2) is 38.7 Å². The van der Waals surface area contributed by atoms with Crippen molar-refractivity contribution in [1.29, 1.82) is 0 Å². The Hall–Kier alpha value is -2.04. The van der Waals surface area contributed by atoms with E-state index in [1.165, 1.54) is 25.6 Å². The van der Waals surface area contributed by atoms with E-state index >= 15 is 0 Å². The summed E-state index contributed by atoms with van der Waals surface area (Å²) >= 11 is 0. The van der Waals surface area contributed by atoms with Crippen molar-refractivity contribution in [2.45, 2.75) is 0 Å². The molecule has 0 aliphatic heterocycles. The second-order valence-electron chi connectivity index (χ2n) is 2.90. The Morgan fingerprint density at radius 1 is 1.43 bits per heavy atom. The highest BCUT2D eigenvalue weighted by molar-refractivity contribution is 5.56. The fourth-order valence-electron chi connectivity index (χ4n) is 1.13. The van der Waals surface area contributed by atoms with E-state index in [1.54, 1.807) is 6.07 Å². The zero-order valence-electron chi connectivity index (χ0n) is 7.48. The smallest absolute Gasteiger partial charge is 0.328 e. The van der Waals surface area contributed by atoms with Gasteiger partial charge in [0.15, 0.2) is 0 Å². The third-order valence-corrected chi connectivity index (χ3v) is 1.98. The summed E-state index contributed by atoms with van der Waals surface area (Å²) in [5.41, 5.74) is 0.366. The Bertz CT molecular complexity index is 517. The largest absolute Gasteiger partial charge is 0.472 e. The van der Waals surface area contributed by atoms with Gasteiger partial charge in [0.25, 0.3) is 5.56 Å². The molecule has 0 aliphatic carbocycles. The van der Waals surface area contributed by atoms with Gasteiger partial charge in [0.2, 0.25) is 0 Å². The minimum absolute atomic E-state index is 0.343. The number of aromatic amines is 1. The molecule has 0 radical (unpaired) electrons. The van der Waals surface area contributed by atoms with Crippen LogP contribution in [0.3, 0.4) is 0 Å². The summed E-state index contributed by atoms with van der Waals surface area (Å²) in [6.07, 6.45) is 2.94. The second kappa shape index (κ2) is 3.02. The summed E-state index contributed by atoms with van der Waals surface area (Å²) in [5, 5.41) is 0. The van der Waals surface area contributed by atoms with Crippen LogP contribution in [0.1, 0.15) is 0 Å². The Morgan fingerprint density at radius 2 is 2.21 bits per heavy atom. The molecule has 2 heterocycles. The first-order valence-corrected chi connectivity index (χ1v) is 4.01. The molecule has 14 heavy (non-hydrogen) atoms. The Morgan fingerprint density at radius 3 is 2.79 bits per heavy atom. The normalized spacial score (nSPS) is 10.4. The third kappa shape index (κ3) is 1.28. The molecule has 2 rings (SSSR count). The van der Waals surface area contributed by atoms with Crippen LogP contribution < -0.4 is 11.2 Å².